The van der Waals surface area contributed by atoms with Crippen molar-refractivity contribution in [2.45, 2.75) is 49.1 Å². The van der Waals surface area contributed by atoms with Crippen LogP contribution in [0.2, 0.25) is 5.02 Å². The summed E-state index contributed by atoms with van der Waals surface area (Å²) in [6.45, 7) is 4.53. The van der Waals surface area contributed by atoms with E-state index in [9.17, 15) is 4.79 Å². The molecule has 1 aliphatic rings. The van der Waals surface area contributed by atoms with Gasteiger partial charge in [-0.3, -0.25) is 4.79 Å². The Bertz CT molecular complexity index is 1040. The molecule has 5 heteroatoms. The molecule has 3 atom stereocenters. The van der Waals surface area contributed by atoms with Crippen LogP contribution in [-0.2, 0) is 0 Å². The minimum atomic E-state index is -0.0116. The average molecular weight is 425 g/mol. The Morgan fingerprint density at radius 1 is 1.10 bits per heavy atom. The first-order valence-electron chi connectivity index (χ1n) is 10.2. The zero-order valence-corrected chi connectivity index (χ0v) is 18.3. The number of carbonyl (C=O) groups is 1. The van der Waals surface area contributed by atoms with Gasteiger partial charge in [-0.15, -0.1) is 0 Å². The van der Waals surface area contributed by atoms with Gasteiger partial charge in [-0.05, 0) is 48.6 Å². The number of para-hydroxylation sites is 1. The highest BCUT2D eigenvalue weighted by Crippen LogP contribution is 2.32. The summed E-state index contributed by atoms with van der Waals surface area (Å²) < 4.78 is 0. The lowest BCUT2D eigenvalue weighted by Crippen LogP contribution is -2.43. The smallest absolute Gasteiger partial charge is 0.252 e. The topological polar surface area (TPSA) is 42.0 Å². The molecule has 3 aromatic rings. The highest BCUT2D eigenvalue weighted by Gasteiger charge is 2.29. The van der Waals surface area contributed by atoms with Gasteiger partial charge in [0.2, 0.25) is 0 Å². The highest BCUT2D eigenvalue weighted by atomic mass is 35.5. The third kappa shape index (κ3) is 4.59. The molecule has 4 rings (SSSR count). The number of carbonyl (C=O) groups excluding carboxylic acids is 1. The maximum absolute atomic E-state index is 13.3. The number of halogens is 1. The number of pyridine rings is 1. The summed E-state index contributed by atoms with van der Waals surface area (Å²) in [4.78, 5) is 19.0. The SMILES string of the molecule is CC1CCCC(NC(=O)c2cc(Sc3cccc(Cl)c3)nc3ccccc23)C1C. The third-order valence-corrected chi connectivity index (χ3v) is 7.12. The first-order valence-corrected chi connectivity index (χ1v) is 11.3. The average Bonchev–Trinajstić information content (AvgIpc) is 2.71. The van der Waals surface area contributed by atoms with E-state index in [1.54, 1.807) is 0 Å². The number of nitrogens with one attached hydrogen (secondary N) is 1. The van der Waals surface area contributed by atoms with E-state index in [0.29, 0.717) is 22.4 Å². The fourth-order valence-corrected chi connectivity index (χ4v) is 5.22. The van der Waals surface area contributed by atoms with E-state index < -0.39 is 0 Å². The van der Waals surface area contributed by atoms with Gasteiger partial charge in [-0.2, -0.15) is 0 Å². The van der Waals surface area contributed by atoms with Crippen LogP contribution in [0.3, 0.4) is 0 Å². The van der Waals surface area contributed by atoms with Crippen molar-refractivity contribution in [3.63, 3.8) is 0 Å². The van der Waals surface area contributed by atoms with Gasteiger partial charge < -0.3 is 5.32 Å². The summed E-state index contributed by atoms with van der Waals surface area (Å²) in [5.74, 6) is 1.11. The van der Waals surface area contributed by atoms with Crippen molar-refractivity contribution in [3.05, 3.63) is 65.2 Å². The van der Waals surface area contributed by atoms with Gasteiger partial charge in [0.25, 0.3) is 5.91 Å². The molecular formula is C24H25ClN2OS. The Hall–Kier alpha value is -2.04. The van der Waals surface area contributed by atoms with E-state index in [0.717, 1.165) is 27.2 Å². The van der Waals surface area contributed by atoms with Crippen molar-refractivity contribution in [2.75, 3.05) is 0 Å². The summed E-state index contributed by atoms with van der Waals surface area (Å²) in [5, 5.41) is 5.68. The number of nitrogens with zero attached hydrogens (tertiary/aromatic N) is 1. The molecule has 0 saturated heterocycles. The molecule has 1 aliphatic carbocycles. The molecule has 2 aromatic carbocycles. The van der Waals surface area contributed by atoms with Crippen LogP contribution in [0.5, 0.6) is 0 Å². The molecule has 29 heavy (non-hydrogen) atoms. The predicted molar refractivity (Wildman–Crippen MR) is 121 cm³/mol. The summed E-state index contributed by atoms with van der Waals surface area (Å²) >= 11 is 7.64. The van der Waals surface area contributed by atoms with Gasteiger partial charge >= 0.3 is 0 Å². The van der Waals surface area contributed by atoms with Gasteiger partial charge in [-0.25, -0.2) is 4.98 Å². The Kier molecular flexibility index (Phi) is 6.12. The minimum Gasteiger partial charge on any atom is -0.349 e. The van der Waals surface area contributed by atoms with Crippen LogP contribution in [0.25, 0.3) is 10.9 Å². The Balaban J connectivity index is 1.66. The summed E-state index contributed by atoms with van der Waals surface area (Å²) in [7, 11) is 0. The van der Waals surface area contributed by atoms with Crippen LogP contribution < -0.4 is 5.32 Å². The lowest BCUT2D eigenvalue weighted by Gasteiger charge is -2.34. The molecule has 1 amide bonds. The summed E-state index contributed by atoms with van der Waals surface area (Å²) in [6.07, 6.45) is 3.46. The van der Waals surface area contributed by atoms with E-state index in [-0.39, 0.29) is 11.9 Å². The second kappa shape index (κ2) is 8.76. The fraction of sp³-hybridized carbons (Fsp3) is 0.333. The second-order valence-electron chi connectivity index (χ2n) is 7.93. The number of benzene rings is 2. The normalized spacial score (nSPS) is 21.8. The molecule has 1 saturated carbocycles. The molecule has 0 spiro atoms. The molecule has 0 bridgehead atoms. The van der Waals surface area contributed by atoms with Gasteiger partial charge in [0.1, 0.15) is 5.03 Å². The van der Waals surface area contributed by atoms with E-state index in [1.165, 1.54) is 24.6 Å². The molecule has 150 valence electrons. The fourth-order valence-electron chi connectivity index (χ4n) is 4.07. The maximum Gasteiger partial charge on any atom is 0.252 e. The third-order valence-electron chi connectivity index (χ3n) is 5.98. The van der Waals surface area contributed by atoms with Crippen LogP contribution in [0.4, 0.5) is 0 Å². The van der Waals surface area contributed by atoms with Gasteiger partial charge in [0, 0.05) is 21.3 Å². The lowest BCUT2D eigenvalue weighted by atomic mass is 9.78. The van der Waals surface area contributed by atoms with Crippen LogP contribution >= 0.6 is 23.4 Å². The van der Waals surface area contributed by atoms with E-state index in [4.69, 9.17) is 16.6 Å². The quantitative estimate of drug-likeness (QED) is 0.513. The van der Waals surface area contributed by atoms with Crippen molar-refractivity contribution in [1.29, 1.82) is 0 Å². The second-order valence-corrected chi connectivity index (χ2v) is 9.46. The van der Waals surface area contributed by atoms with Gasteiger partial charge in [-0.1, -0.05) is 74.3 Å². The number of hydrogen-bond acceptors (Lipinski definition) is 3. The maximum atomic E-state index is 13.3. The van der Waals surface area contributed by atoms with Crippen molar-refractivity contribution < 1.29 is 4.79 Å². The first-order chi connectivity index (χ1) is 14.0. The molecular weight excluding hydrogens is 400 g/mol. The molecule has 0 radical (unpaired) electrons. The molecule has 3 nitrogen and oxygen atoms in total. The number of aromatic nitrogens is 1. The molecule has 3 unspecified atom stereocenters. The Labute approximate surface area is 181 Å². The number of hydrogen-bond donors (Lipinski definition) is 1. The van der Waals surface area contributed by atoms with Crippen molar-refractivity contribution in [1.82, 2.24) is 10.3 Å². The van der Waals surface area contributed by atoms with Crippen LogP contribution in [0, 0.1) is 11.8 Å². The van der Waals surface area contributed by atoms with Crippen molar-refractivity contribution in [2.24, 2.45) is 11.8 Å². The molecule has 1 N–H and O–H groups in total. The predicted octanol–water partition coefficient (Wildman–Crippen LogP) is 6.59. The van der Waals surface area contributed by atoms with E-state index >= 15 is 0 Å². The molecule has 1 heterocycles. The summed E-state index contributed by atoms with van der Waals surface area (Å²) in [5.41, 5.74) is 1.51. The van der Waals surface area contributed by atoms with Crippen LogP contribution in [0.1, 0.15) is 43.5 Å². The van der Waals surface area contributed by atoms with Crippen LogP contribution in [-0.4, -0.2) is 16.9 Å². The number of rotatable bonds is 4. The highest BCUT2D eigenvalue weighted by molar-refractivity contribution is 7.99. The zero-order chi connectivity index (χ0) is 20.4. The largest absolute Gasteiger partial charge is 0.349 e. The molecule has 1 fully saturated rings. The molecule has 0 aliphatic heterocycles. The number of fused-ring (bicyclic) bond motifs is 1. The zero-order valence-electron chi connectivity index (χ0n) is 16.7. The van der Waals surface area contributed by atoms with E-state index in [2.05, 4.69) is 19.2 Å². The summed E-state index contributed by atoms with van der Waals surface area (Å²) in [6, 6.07) is 17.6. The van der Waals surface area contributed by atoms with E-state index in [1.807, 2.05) is 54.6 Å². The van der Waals surface area contributed by atoms with Crippen molar-refractivity contribution >= 4 is 40.2 Å². The Morgan fingerprint density at radius 2 is 1.93 bits per heavy atom. The van der Waals surface area contributed by atoms with Crippen LogP contribution in [0.15, 0.2) is 64.5 Å². The minimum absolute atomic E-state index is 0.0116. The van der Waals surface area contributed by atoms with Gasteiger partial charge in [0.15, 0.2) is 0 Å². The first kappa shape index (κ1) is 20.2. The van der Waals surface area contributed by atoms with Crippen molar-refractivity contribution in [3.8, 4) is 0 Å². The standard InChI is InChI=1S/C24H25ClN2OS/c1-15-7-5-12-21(16(15)2)27-24(28)20-14-23(26-22-11-4-3-10-19(20)22)29-18-9-6-8-17(25)13-18/h3-4,6,8-11,13-16,21H,5,7,12H2,1-2H3,(H,27,28). The Morgan fingerprint density at radius 3 is 2.76 bits per heavy atom. The molecule has 1 aromatic heterocycles. The number of amides is 1. The van der Waals surface area contributed by atoms with Gasteiger partial charge in [0.05, 0.1) is 11.1 Å². The lowest BCUT2D eigenvalue weighted by molar-refractivity contribution is 0.0892. The monoisotopic (exact) mass is 424 g/mol.